The number of para-hydroxylation sites is 2. The molecule has 0 amide bonds. The maximum absolute atomic E-state index is 14.8. The summed E-state index contributed by atoms with van der Waals surface area (Å²) in [6, 6.07) is 19.0. The zero-order chi connectivity index (χ0) is 48.5. The number of hydrogen-bond donors (Lipinski definition) is 2. The maximum Gasteiger partial charge on any atom is 0.311 e. The number of fused-ring (bicyclic) bond motifs is 2. The number of benzene rings is 2. The molecule has 372 valence electrons. The third-order valence-corrected chi connectivity index (χ3v) is 14.7. The van der Waals surface area contributed by atoms with Crippen molar-refractivity contribution in [1.82, 2.24) is 4.90 Å². The smallest absolute Gasteiger partial charge is 0.311 e. The second-order valence-electron chi connectivity index (χ2n) is 21.1. The van der Waals surface area contributed by atoms with Gasteiger partial charge in [-0.05, 0) is 119 Å². The van der Waals surface area contributed by atoms with E-state index in [4.69, 9.17) is 47.4 Å². The topological polar surface area (TPSA) is 153 Å². The molecule has 2 aromatic carbocycles. The Labute approximate surface area is 394 Å². The zero-order valence-electron chi connectivity index (χ0n) is 42.2. The molecule has 19 unspecified atom stereocenters. The van der Waals surface area contributed by atoms with Gasteiger partial charge in [-0.1, -0.05) is 64.1 Å². The van der Waals surface area contributed by atoms with Crippen LogP contribution >= 0.6 is 0 Å². The molecular weight excluding hydrogens is 847 g/mol. The summed E-state index contributed by atoms with van der Waals surface area (Å²) in [4.78, 5) is 17.0. The Balaban J connectivity index is 1.45. The Bertz CT molecular complexity index is 1850. The number of ether oxygens (including phenoxy) is 10. The Hall–Kier alpha value is -2.89. The van der Waals surface area contributed by atoms with E-state index in [1.807, 2.05) is 137 Å². The number of likely N-dealkylation sites (N-methyl/N-ethyl adjacent to an activating group) is 1. The molecule has 0 radical (unpaired) electrons. The first-order valence-corrected chi connectivity index (χ1v) is 24.2. The van der Waals surface area contributed by atoms with Gasteiger partial charge in [-0.25, -0.2) is 0 Å². The van der Waals surface area contributed by atoms with E-state index in [1.165, 1.54) is 0 Å². The van der Waals surface area contributed by atoms with E-state index in [9.17, 15) is 15.0 Å². The van der Waals surface area contributed by atoms with Crippen molar-refractivity contribution in [2.24, 2.45) is 23.7 Å². The van der Waals surface area contributed by atoms with Gasteiger partial charge < -0.3 is 62.5 Å². The van der Waals surface area contributed by atoms with Crippen LogP contribution in [0.4, 0.5) is 0 Å². The fourth-order valence-corrected chi connectivity index (χ4v) is 11.3. The van der Waals surface area contributed by atoms with E-state index in [0.29, 0.717) is 24.3 Å². The Morgan fingerprint density at radius 2 is 1.36 bits per heavy atom. The van der Waals surface area contributed by atoms with Gasteiger partial charge in [0.2, 0.25) is 0 Å². The number of nitrogens with zero attached hydrogens (tertiary/aromatic N) is 1. The molecule has 0 aliphatic carbocycles. The number of hydrogen-bond acceptors (Lipinski definition) is 14. The van der Waals surface area contributed by atoms with Crippen LogP contribution in [0.1, 0.15) is 109 Å². The first kappa shape index (κ1) is 52.5. The van der Waals surface area contributed by atoms with Crippen molar-refractivity contribution in [3.63, 3.8) is 0 Å². The largest absolute Gasteiger partial charge is 0.485 e. The van der Waals surface area contributed by atoms with Crippen molar-refractivity contribution in [2.45, 2.75) is 205 Å². The van der Waals surface area contributed by atoms with Crippen molar-refractivity contribution in [3.05, 3.63) is 60.7 Å². The summed E-state index contributed by atoms with van der Waals surface area (Å²) in [7, 11) is 5.67. The Kier molecular flexibility index (Phi) is 16.7. The lowest BCUT2D eigenvalue weighted by Crippen LogP contribution is -2.65. The van der Waals surface area contributed by atoms with Crippen molar-refractivity contribution >= 4 is 5.97 Å². The summed E-state index contributed by atoms with van der Waals surface area (Å²) >= 11 is 0. The van der Waals surface area contributed by atoms with E-state index in [-0.39, 0.29) is 36.8 Å². The average Bonchev–Trinajstić information content (AvgIpc) is 3.25. The molecule has 2 aromatic rings. The van der Waals surface area contributed by atoms with Crippen molar-refractivity contribution < 1.29 is 62.4 Å². The van der Waals surface area contributed by atoms with Crippen LogP contribution in [-0.4, -0.2) is 138 Å². The average molecular weight is 928 g/mol. The molecule has 4 aliphatic heterocycles. The van der Waals surface area contributed by atoms with Crippen LogP contribution in [0.5, 0.6) is 11.5 Å². The van der Waals surface area contributed by atoms with Gasteiger partial charge >= 0.3 is 5.97 Å². The summed E-state index contributed by atoms with van der Waals surface area (Å²) in [5, 5.41) is 25.7. The molecule has 4 heterocycles. The fraction of sp³-hybridized carbons (Fsp3) is 0.750. The summed E-state index contributed by atoms with van der Waals surface area (Å²) in [6.45, 7) is 22.6. The number of methoxy groups -OCH3 is 1. The first-order chi connectivity index (χ1) is 30.9. The summed E-state index contributed by atoms with van der Waals surface area (Å²) < 4.78 is 66.8. The maximum atomic E-state index is 14.8. The van der Waals surface area contributed by atoms with E-state index >= 15 is 0 Å². The third kappa shape index (κ3) is 11.6. The van der Waals surface area contributed by atoms with Crippen LogP contribution in [0.15, 0.2) is 60.7 Å². The highest BCUT2D eigenvalue weighted by Gasteiger charge is 2.57. The van der Waals surface area contributed by atoms with Gasteiger partial charge in [-0.15, -0.1) is 0 Å². The predicted octanol–water partition coefficient (Wildman–Crippen LogP) is 7.55. The Morgan fingerprint density at radius 3 is 1.94 bits per heavy atom. The second-order valence-corrected chi connectivity index (χ2v) is 21.1. The molecule has 2 bridgehead atoms. The van der Waals surface area contributed by atoms with Crippen LogP contribution < -0.4 is 9.47 Å². The van der Waals surface area contributed by atoms with E-state index in [0.717, 1.165) is 0 Å². The minimum Gasteiger partial charge on any atom is -0.485 e. The molecule has 6 rings (SSSR count). The monoisotopic (exact) mass is 928 g/mol. The lowest BCUT2D eigenvalue weighted by atomic mass is 9.72. The van der Waals surface area contributed by atoms with E-state index in [1.54, 1.807) is 27.9 Å². The standard InChI is InChI=1S/C52H81NO13/c1-16-39-52(12,56)45-32(4)41(65-49(8,9)66-45)30(2)28-50(10,55)44(64-48-43(60-36-23-19-17-20-24-36)38(53(13)14)27-31(3)58-48)33(5)42(34(6)47(54)62-39)63-40-29-51(11,57-15)46(35(7)59-40)61-37-25-21-18-22-26-37/h17-26,30-35,38-46,48,55-56H,16,27-29H2,1-15H3. The van der Waals surface area contributed by atoms with Gasteiger partial charge in [0.15, 0.2) is 30.6 Å². The normalized spacial score (nSPS) is 43.6. The van der Waals surface area contributed by atoms with Crippen LogP contribution in [0.3, 0.4) is 0 Å². The third-order valence-electron chi connectivity index (χ3n) is 14.7. The Morgan fingerprint density at radius 1 is 0.758 bits per heavy atom. The minimum absolute atomic E-state index is 0.123. The number of esters is 1. The molecule has 0 saturated carbocycles. The molecule has 14 nitrogen and oxygen atoms in total. The zero-order valence-corrected chi connectivity index (χ0v) is 42.2. The number of carbonyl (C=O) groups excluding carboxylic acids is 1. The van der Waals surface area contributed by atoms with Crippen molar-refractivity contribution in [3.8, 4) is 11.5 Å². The molecule has 4 fully saturated rings. The fourth-order valence-electron chi connectivity index (χ4n) is 11.3. The van der Waals surface area contributed by atoms with Gasteiger partial charge in [-0.2, -0.15) is 0 Å². The summed E-state index contributed by atoms with van der Waals surface area (Å²) in [5.74, 6) is -2.72. The highest BCUT2D eigenvalue weighted by Crippen LogP contribution is 2.46. The van der Waals surface area contributed by atoms with Gasteiger partial charge in [0.25, 0.3) is 0 Å². The van der Waals surface area contributed by atoms with Gasteiger partial charge in [0, 0.05) is 25.4 Å². The molecule has 14 heteroatoms. The van der Waals surface area contributed by atoms with Crippen LogP contribution in [0.25, 0.3) is 0 Å². The van der Waals surface area contributed by atoms with E-state index in [2.05, 4.69) is 4.90 Å². The second kappa shape index (κ2) is 21.0. The van der Waals surface area contributed by atoms with Crippen LogP contribution in [0.2, 0.25) is 0 Å². The molecule has 0 spiro atoms. The quantitative estimate of drug-likeness (QED) is 0.213. The predicted molar refractivity (Wildman–Crippen MR) is 249 cm³/mol. The molecular formula is C52H81NO13. The lowest BCUT2D eigenvalue weighted by molar-refractivity contribution is -0.360. The molecule has 2 N–H and O–H groups in total. The van der Waals surface area contributed by atoms with Gasteiger partial charge in [0.1, 0.15) is 28.8 Å². The highest BCUT2D eigenvalue weighted by atomic mass is 16.7. The minimum atomic E-state index is -1.62. The number of aliphatic hydroxyl groups is 2. The summed E-state index contributed by atoms with van der Waals surface area (Å²) in [5.41, 5.74) is -4.10. The molecule has 66 heavy (non-hydrogen) atoms. The van der Waals surface area contributed by atoms with Crippen LogP contribution in [-0.2, 0) is 42.7 Å². The van der Waals surface area contributed by atoms with Gasteiger partial charge in [-0.3, -0.25) is 4.79 Å². The van der Waals surface area contributed by atoms with Gasteiger partial charge in [0.05, 0.1) is 54.2 Å². The molecule has 4 saturated heterocycles. The number of carbonyl (C=O) groups is 1. The SMILES string of the molecule is CCC1OC(=O)C(C)C(OC2CC(C)(OC)C(Oc3ccccc3)C(C)O2)C(C)C(OC2OC(C)CC(N(C)C)C2Oc2ccccc2)C(C)(O)CC(C)C2OC(C)(C)OC(C2C)C1(C)O. The lowest BCUT2D eigenvalue weighted by Gasteiger charge is -2.53. The summed E-state index contributed by atoms with van der Waals surface area (Å²) in [6.07, 6.45) is -6.52. The van der Waals surface area contributed by atoms with Crippen molar-refractivity contribution in [1.29, 1.82) is 0 Å². The van der Waals surface area contributed by atoms with E-state index < -0.39 is 102 Å². The number of cyclic esters (lactones) is 1. The number of rotatable bonds is 11. The highest BCUT2D eigenvalue weighted by molar-refractivity contribution is 5.73. The first-order valence-electron chi connectivity index (χ1n) is 24.2. The van der Waals surface area contributed by atoms with Crippen molar-refractivity contribution in [2.75, 3.05) is 21.2 Å². The molecule has 0 aromatic heterocycles. The molecule has 19 atom stereocenters. The van der Waals surface area contributed by atoms with Crippen LogP contribution in [0, 0.1) is 23.7 Å². The molecule has 4 aliphatic rings.